The first kappa shape index (κ1) is 22.9. The summed E-state index contributed by atoms with van der Waals surface area (Å²) in [6.45, 7) is 1.51. The van der Waals surface area contributed by atoms with Gasteiger partial charge in [0.25, 0.3) is 5.56 Å². The van der Waals surface area contributed by atoms with E-state index >= 15 is 0 Å². The molecule has 0 radical (unpaired) electrons. The third-order valence-corrected chi connectivity index (χ3v) is 7.72. The molecule has 1 N–H and O–H groups in total. The number of carbonyl (C=O) groups excluding carboxylic acids is 1. The quantitative estimate of drug-likeness (QED) is 0.574. The Morgan fingerprint density at radius 1 is 1.00 bits per heavy atom. The zero-order chi connectivity index (χ0) is 23.3. The van der Waals surface area contributed by atoms with Gasteiger partial charge < -0.3 is 9.88 Å². The lowest BCUT2D eigenvalue weighted by Gasteiger charge is -2.30. The maximum absolute atomic E-state index is 12.7. The van der Waals surface area contributed by atoms with Crippen LogP contribution in [0, 0.1) is 5.92 Å². The van der Waals surface area contributed by atoms with Crippen LogP contribution in [0.25, 0.3) is 0 Å². The minimum absolute atomic E-state index is 0.0480. The smallest absolute Gasteiger partial charge is 0.250 e. The molecule has 0 spiro atoms. The predicted octanol–water partition coefficient (Wildman–Crippen LogP) is 2.01. The zero-order valence-corrected chi connectivity index (χ0v) is 18.9. The van der Waals surface area contributed by atoms with Crippen molar-refractivity contribution in [1.29, 1.82) is 0 Å². The van der Waals surface area contributed by atoms with E-state index in [2.05, 4.69) is 10.3 Å². The minimum Gasteiger partial charge on any atom is -0.352 e. The molecule has 9 heteroatoms. The summed E-state index contributed by atoms with van der Waals surface area (Å²) in [5.41, 5.74) is 1.91. The number of sulfonamides is 1. The van der Waals surface area contributed by atoms with Gasteiger partial charge in [-0.05, 0) is 42.2 Å². The lowest BCUT2D eigenvalue weighted by atomic mass is 9.97. The molecule has 3 aromatic rings. The van der Waals surface area contributed by atoms with Crippen molar-refractivity contribution in [3.05, 3.63) is 94.7 Å². The zero-order valence-electron chi connectivity index (χ0n) is 18.1. The van der Waals surface area contributed by atoms with E-state index in [0.29, 0.717) is 39.0 Å². The molecule has 1 saturated heterocycles. The summed E-state index contributed by atoms with van der Waals surface area (Å²) in [6.07, 6.45) is 5.60. The van der Waals surface area contributed by atoms with Crippen LogP contribution in [0.4, 0.5) is 0 Å². The summed E-state index contributed by atoms with van der Waals surface area (Å²) in [7, 11) is -3.58. The van der Waals surface area contributed by atoms with Crippen LogP contribution in [0.5, 0.6) is 0 Å². The van der Waals surface area contributed by atoms with Crippen LogP contribution in [0.3, 0.4) is 0 Å². The Morgan fingerprint density at radius 2 is 1.73 bits per heavy atom. The van der Waals surface area contributed by atoms with Gasteiger partial charge in [-0.15, -0.1) is 0 Å². The number of aromatic nitrogens is 2. The normalized spacial score (nSPS) is 15.3. The second-order valence-electron chi connectivity index (χ2n) is 8.07. The molecule has 8 nitrogen and oxygen atoms in total. The summed E-state index contributed by atoms with van der Waals surface area (Å²) in [5, 5.41) is 2.96. The number of hydrogen-bond acceptors (Lipinski definition) is 5. The van der Waals surface area contributed by atoms with Crippen LogP contribution in [0.2, 0.25) is 0 Å². The average molecular weight is 467 g/mol. The van der Waals surface area contributed by atoms with E-state index in [0.717, 1.165) is 11.1 Å². The van der Waals surface area contributed by atoms with Crippen molar-refractivity contribution < 1.29 is 13.2 Å². The molecule has 0 bridgehead atoms. The van der Waals surface area contributed by atoms with Crippen molar-refractivity contribution >= 4 is 15.9 Å². The lowest BCUT2D eigenvalue weighted by molar-refractivity contribution is -0.126. The molecule has 1 aliphatic rings. The first-order valence-corrected chi connectivity index (χ1v) is 12.3. The highest BCUT2D eigenvalue weighted by Gasteiger charge is 2.32. The first-order chi connectivity index (χ1) is 15.9. The van der Waals surface area contributed by atoms with Gasteiger partial charge in [-0.25, -0.2) is 8.42 Å². The van der Waals surface area contributed by atoms with Crippen molar-refractivity contribution in [2.45, 2.75) is 30.8 Å². The summed E-state index contributed by atoms with van der Waals surface area (Å²) < 4.78 is 28.5. The van der Waals surface area contributed by atoms with Crippen molar-refractivity contribution in [2.24, 2.45) is 5.92 Å². The van der Waals surface area contributed by atoms with E-state index in [9.17, 15) is 18.0 Å². The molecule has 0 atom stereocenters. The maximum atomic E-state index is 12.7. The maximum Gasteiger partial charge on any atom is 0.250 e. The minimum atomic E-state index is -3.58. The van der Waals surface area contributed by atoms with Crippen LogP contribution in [0.15, 0.2) is 82.9 Å². The van der Waals surface area contributed by atoms with E-state index in [1.54, 1.807) is 22.9 Å². The van der Waals surface area contributed by atoms with Gasteiger partial charge in [0.05, 0.1) is 6.54 Å². The molecule has 0 saturated carbocycles. The Balaban J connectivity index is 1.27. The molecule has 2 aromatic heterocycles. The summed E-state index contributed by atoms with van der Waals surface area (Å²) >= 11 is 0. The Hall–Kier alpha value is -3.30. The van der Waals surface area contributed by atoms with Crippen LogP contribution in [-0.4, -0.2) is 41.3 Å². The number of amides is 1. The van der Waals surface area contributed by atoms with Gasteiger partial charge in [0.2, 0.25) is 15.9 Å². The van der Waals surface area contributed by atoms with Crippen molar-refractivity contribution in [3.63, 3.8) is 0 Å². The highest BCUT2D eigenvalue weighted by Crippen LogP contribution is 2.23. The topological polar surface area (TPSA) is 101 Å². The van der Waals surface area contributed by atoms with E-state index < -0.39 is 10.0 Å². The van der Waals surface area contributed by atoms with E-state index in [-0.39, 0.29) is 22.3 Å². The standard InChI is InChI=1S/C24H26N4O4S/c29-23-5-1-2-13-27(23)18-20-8-6-19(7-9-20)16-26-24(30)21-10-14-28(15-11-21)33(31,32)22-4-3-12-25-17-22/h1-9,12-13,17,21H,10-11,14-16,18H2,(H,26,30). The summed E-state index contributed by atoms with van der Waals surface area (Å²) in [4.78, 5) is 28.5. The van der Waals surface area contributed by atoms with Gasteiger partial charge in [-0.1, -0.05) is 30.3 Å². The Morgan fingerprint density at radius 3 is 2.39 bits per heavy atom. The summed E-state index contributed by atoms with van der Waals surface area (Å²) in [5.74, 6) is -0.275. The fourth-order valence-corrected chi connectivity index (χ4v) is 5.33. The lowest BCUT2D eigenvalue weighted by Crippen LogP contribution is -2.42. The highest BCUT2D eigenvalue weighted by molar-refractivity contribution is 7.89. The van der Waals surface area contributed by atoms with Crippen LogP contribution in [-0.2, 0) is 27.9 Å². The van der Waals surface area contributed by atoms with Gasteiger partial charge in [-0.3, -0.25) is 14.6 Å². The fraction of sp³-hybridized carbons (Fsp3) is 0.292. The SMILES string of the molecule is O=C(NCc1ccc(Cn2ccccc2=O)cc1)C1CCN(S(=O)(=O)c2cccnc2)CC1. The van der Waals surface area contributed by atoms with E-state index in [4.69, 9.17) is 0 Å². The average Bonchev–Trinajstić information content (AvgIpc) is 2.85. The van der Waals surface area contributed by atoms with Gasteiger partial charge >= 0.3 is 0 Å². The third-order valence-electron chi connectivity index (χ3n) is 5.84. The monoisotopic (exact) mass is 466 g/mol. The predicted molar refractivity (Wildman–Crippen MR) is 124 cm³/mol. The molecule has 0 aliphatic carbocycles. The Kier molecular flexibility index (Phi) is 7.00. The number of rotatable bonds is 7. The fourth-order valence-electron chi connectivity index (χ4n) is 3.89. The number of pyridine rings is 2. The van der Waals surface area contributed by atoms with E-state index in [1.165, 1.54) is 28.8 Å². The number of nitrogens with one attached hydrogen (secondary N) is 1. The third kappa shape index (κ3) is 5.55. The molecule has 0 unspecified atom stereocenters. The largest absolute Gasteiger partial charge is 0.352 e. The molecule has 172 valence electrons. The van der Waals surface area contributed by atoms with Gasteiger partial charge in [0, 0.05) is 50.2 Å². The van der Waals surface area contributed by atoms with Crippen molar-refractivity contribution in [1.82, 2.24) is 19.2 Å². The molecule has 1 fully saturated rings. The molecular weight excluding hydrogens is 440 g/mol. The van der Waals surface area contributed by atoms with Crippen molar-refractivity contribution in [3.8, 4) is 0 Å². The molecule has 33 heavy (non-hydrogen) atoms. The van der Waals surface area contributed by atoms with Crippen LogP contribution in [0.1, 0.15) is 24.0 Å². The molecule has 4 rings (SSSR count). The molecular formula is C24H26N4O4S. The number of carbonyl (C=O) groups is 1. The van der Waals surface area contributed by atoms with Gasteiger partial charge in [0.1, 0.15) is 4.90 Å². The summed E-state index contributed by atoms with van der Waals surface area (Å²) in [6, 6.07) is 16.0. The van der Waals surface area contributed by atoms with Crippen LogP contribution >= 0.6 is 0 Å². The Labute approximate surface area is 193 Å². The first-order valence-electron chi connectivity index (χ1n) is 10.8. The number of benzene rings is 1. The van der Waals surface area contributed by atoms with Crippen LogP contribution < -0.4 is 10.9 Å². The molecule has 3 heterocycles. The van der Waals surface area contributed by atoms with E-state index in [1.807, 2.05) is 30.3 Å². The molecule has 1 aliphatic heterocycles. The second-order valence-corrected chi connectivity index (χ2v) is 10.0. The Bertz CT molecular complexity index is 1250. The van der Waals surface area contributed by atoms with Crippen molar-refractivity contribution in [2.75, 3.05) is 13.1 Å². The highest BCUT2D eigenvalue weighted by atomic mass is 32.2. The van der Waals surface area contributed by atoms with Gasteiger partial charge in [-0.2, -0.15) is 4.31 Å². The second kappa shape index (κ2) is 10.1. The number of nitrogens with zero attached hydrogens (tertiary/aromatic N) is 3. The van der Waals surface area contributed by atoms with Gasteiger partial charge in [0.15, 0.2) is 0 Å². The molecule has 1 aromatic carbocycles. The molecule has 1 amide bonds. The number of piperidine rings is 1. The number of hydrogen-bond donors (Lipinski definition) is 1.